The molecule has 8 nitrogen and oxygen atoms in total. The average Bonchev–Trinajstić information content (AvgIpc) is 3.16. The molecule has 32 heavy (non-hydrogen) atoms. The van der Waals surface area contributed by atoms with E-state index >= 15 is 0 Å². The van der Waals surface area contributed by atoms with E-state index in [0.29, 0.717) is 33.7 Å². The van der Waals surface area contributed by atoms with Crippen molar-refractivity contribution in [2.75, 3.05) is 16.4 Å². The van der Waals surface area contributed by atoms with Crippen LogP contribution in [-0.2, 0) is 0 Å². The summed E-state index contributed by atoms with van der Waals surface area (Å²) >= 11 is 10.7. The van der Waals surface area contributed by atoms with Crippen molar-refractivity contribution in [3.8, 4) is 11.3 Å². The number of anilines is 4. The number of nitrogens with two attached hydrogens (primary N) is 1. The van der Waals surface area contributed by atoms with Crippen molar-refractivity contribution in [1.29, 1.82) is 0 Å². The van der Waals surface area contributed by atoms with Crippen LogP contribution >= 0.6 is 24.4 Å². The van der Waals surface area contributed by atoms with Crippen molar-refractivity contribution in [3.05, 3.63) is 84.0 Å². The smallest absolute Gasteiger partial charge is 0.274 e. The normalized spacial score (nSPS) is 10.6. The quantitative estimate of drug-likeness (QED) is 0.302. The van der Waals surface area contributed by atoms with Crippen LogP contribution in [0.4, 0.5) is 23.0 Å². The molecule has 3 heterocycles. The van der Waals surface area contributed by atoms with Gasteiger partial charge < -0.3 is 20.3 Å². The van der Waals surface area contributed by atoms with E-state index in [1.165, 1.54) is 12.4 Å². The number of nitrogens with zero attached hydrogens (tertiary/aromatic N) is 4. The Hall–Kier alpha value is -3.82. The molecule has 0 saturated heterocycles. The molecule has 4 rings (SSSR count). The van der Waals surface area contributed by atoms with Gasteiger partial charge in [-0.1, -0.05) is 43.1 Å². The van der Waals surface area contributed by atoms with Crippen LogP contribution < -0.4 is 16.4 Å². The third-order valence-electron chi connectivity index (χ3n) is 4.46. The Balaban J connectivity index is 1.55. The van der Waals surface area contributed by atoms with Gasteiger partial charge in [-0.3, -0.25) is 4.79 Å². The first-order valence-electron chi connectivity index (χ1n) is 9.39. The van der Waals surface area contributed by atoms with Crippen molar-refractivity contribution >= 4 is 59.4 Å². The van der Waals surface area contributed by atoms with Crippen LogP contribution in [-0.4, -0.2) is 24.8 Å². The van der Waals surface area contributed by atoms with Crippen LogP contribution in [0.3, 0.4) is 0 Å². The second kappa shape index (κ2) is 9.13. The summed E-state index contributed by atoms with van der Waals surface area (Å²) in [6.07, 6.45) is 8.25. The number of rotatable bonds is 6. The van der Waals surface area contributed by atoms with E-state index in [4.69, 9.17) is 17.3 Å². The van der Waals surface area contributed by atoms with E-state index in [1.54, 1.807) is 52.8 Å². The lowest BCUT2D eigenvalue weighted by Crippen LogP contribution is -2.13. The molecule has 0 fully saturated rings. The van der Waals surface area contributed by atoms with Crippen molar-refractivity contribution in [1.82, 2.24) is 18.9 Å². The highest BCUT2D eigenvalue weighted by Gasteiger charge is 2.14. The fourth-order valence-corrected chi connectivity index (χ4v) is 3.40. The first kappa shape index (κ1) is 21.4. The van der Waals surface area contributed by atoms with Crippen LogP contribution in [0.15, 0.2) is 67.8 Å². The Morgan fingerprint density at radius 1 is 1.16 bits per heavy atom. The lowest BCUT2D eigenvalue weighted by Gasteiger charge is -2.10. The molecule has 0 saturated carbocycles. The van der Waals surface area contributed by atoms with Crippen LogP contribution in [0.2, 0.25) is 5.02 Å². The third-order valence-corrected chi connectivity index (χ3v) is 4.97. The van der Waals surface area contributed by atoms with Gasteiger partial charge in [0.05, 0.1) is 28.8 Å². The van der Waals surface area contributed by atoms with Gasteiger partial charge in [-0.25, -0.2) is 15.0 Å². The molecule has 10 heteroatoms. The predicted molar refractivity (Wildman–Crippen MR) is 131 cm³/mol. The molecule has 0 aliphatic heterocycles. The zero-order valence-corrected chi connectivity index (χ0v) is 18.3. The van der Waals surface area contributed by atoms with E-state index in [2.05, 4.69) is 45.0 Å². The number of amides is 1. The van der Waals surface area contributed by atoms with Crippen LogP contribution in [0, 0.1) is 0 Å². The molecular weight excluding hydrogens is 446 g/mol. The molecule has 0 unspecified atom stereocenters. The SMILES string of the molecule is C=Cc1cn(S)cc1-c1nc(Nc2cccc(NC(=O)c3ccc(N)cn3)c2)ncc1Cl. The molecule has 160 valence electrons. The first-order valence-corrected chi connectivity index (χ1v) is 10.2. The standard InChI is InChI=1S/C22H18ClN7OS/c1-2-13-11-30(32)12-17(13)20-18(23)10-26-22(29-20)28-16-5-3-4-15(8-16)27-21(31)19-7-6-14(24)9-25-19/h2-12,32H,1,24H2,(H,27,31)(H,26,28,29). The predicted octanol–water partition coefficient (Wildman–Crippen LogP) is 4.91. The minimum absolute atomic E-state index is 0.261. The highest BCUT2D eigenvalue weighted by molar-refractivity contribution is 7.78. The van der Waals surface area contributed by atoms with Crippen LogP contribution in [0.1, 0.15) is 16.1 Å². The number of carbonyl (C=O) groups is 1. The highest BCUT2D eigenvalue weighted by atomic mass is 35.5. The lowest BCUT2D eigenvalue weighted by atomic mass is 10.1. The van der Waals surface area contributed by atoms with Crippen molar-refractivity contribution in [2.45, 2.75) is 0 Å². The molecule has 1 amide bonds. The molecule has 0 aliphatic rings. The summed E-state index contributed by atoms with van der Waals surface area (Å²) in [5.74, 6) is -0.00425. The number of hydrogen-bond acceptors (Lipinski definition) is 7. The second-order valence-corrected chi connectivity index (χ2v) is 7.61. The van der Waals surface area contributed by atoms with Gasteiger partial charge in [0.1, 0.15) is 5.69 Å². The maximum Gasteiger partial charge on any atom is 0.274 e. The molecule has 4 aromatic rings. The lowest BCUT2D eigenvalue weighted by molar-refractivity contribution is 0.102. The van der Waals surface area contributed by atoms with Gasteiger partial charge >= 0.3 is 0 Å². The molecular formula is C22H18ClN7OS. The molecule has 1 aromatic carbocycles. The van der Waals surface area contributed by atoms with E-state index < -0.39 is 0 Å². The number of nitrogen functional groups attached to an aromatic ring is 1. The van der Waals surface area contributed by atoms with Crippen LogP contribution in [0.25, 0.3) is 17.3 Å². The molecule has 0 atom stereocenters. The summed E-state index contributed by atoms with van der Waals surface area (Å²) in [5, 5.41) is 6.33. The molecule has 4 N–H and O–H groups in total. The van der Waals surface area contributed by atoms with Gasteiger partial charge in [0.15, 0.2) is 0 Å². The number of halogens is 1. The van der Waals surface area contributed by atoms with Crippen molar-refractivity contribution < 1.29 is 4.79 Å². The highest BCUT2D eigenvalue weighted by Crippen LogP contribution is 2.31. The Kier molecular flexibility index (Phi) is 6.11. The monoisotopic (exact) mass is 463 g/mol. The van der Waals surface area contributed by atoms with E-state index in [9.17, 15) is 4.79 Å². The van der Waals surface area contributed by atoms with Gasteiger partial charge in [0.2, 0.25) is 5.95 Å². The second-order valence-electron chi connectivity index (χ2n) is 6.74. The third kappa shape index (κ3) is 4.74. The fourth-order valence-electron chi connectivity index (χ4n) is 2.97. The summed E-state index contributed by atoms with van der Waals surface area (Å²) < 4.78 is 1.61. The number of aromatic nitrogens is 4. The zero-order chi connectivity index (χ0) is 22.7. The molecule has 0 bridgehead atoms. The van der Waals surface area contributed by atoms with E-state index in [0.717, 1.165) is 11.1 Å². The first-order chi connectivity index (χ1) is 15.4. The van der Waals surface area contributed by atoms with Crippen molar-refractivity contribution in [3.63, 3.8) is 0 Å². The number of carbonyl (C=O) groups excluding carboxylic acids is 1. The number of nitrogens with one attached hydrogen (secondary N) is 2. The minimum atomic E-state index is -0.347. The van der Waals surface area contributed by atoms with Gasteiger partial charge in [-0.15, -0.1) is 0 Å². The van der Waals surface area contributed by atoms with Gasteiger partial charge in [-0.2, -0.15) is 0 Å². The van der Waals surface area contributed by atoms with Crippen LogP contribution in [0.5, 0.6) is 0 Å². The Morgan fingerprint density at radius 3 is 2.72 bits per heavy atom. The summed E-state index contributed by atoms with van der Waals surface area (Å²) in [7, 11) is 0. The molecule has 0 spiro atoms. The summed E-state index contributed by atoms with van der Waals surface area (Å²) in [4.78, 5) is 25.2. The summed E-state index contributed by atoms with van der Waals surface area (Å²) in [6.45, 7) is 3.82. The summed E-state index contributed by atoms with van der Waals surface area (Å²) in [6, 6.07) is 10.3. The topological polar surface area (TPSA) is 111 Å². The van der Waals surface area contributed by atoms with Crippen molar-refractivity contribution in [2.24, 2.45) is 0 Å². The van der Waals surface area contributed by atoms with E-state index in [1.807, 2.05) is 6.07 Å². The fraction of sp³-hybridized carbons (Fsp3) is 0. The summed E-state index contributed by atoms with van der Waals surface area (Å²) in [5.41, 5.74) is 9.79. The molecule has 0 aliphatic carbocycles. The van der Waals surface area contributed by atoms with Gasteiger partial charge in [0, 0.05) is 34.9 Å². The number of thiol groups is 1. The Morgan fingerprint density at radius 2 is 1.97 bits per heavy atom. The van der Waals surface area contributed by atoms with E-state index in [-0.39, 0.29) is 11.6 Å². The molecule has 3 aromatic heterocycles. The number of hydrogen-bond donors (Lipinski definition) is 4. The number of pyridine rings is 1. The minimum Gasteiger partial charge on any atom is -0.397 e. The number of benzene rings is 1. The maximum atomic E-state index is 12.4. The average molecular weight is 464 g/mol. The largest absolute Gasteiger partial charge is 0.397 e. The van der Waals surface area contributed by atoms with Gasteiger partial charge in [-0.05, 0) is 30.3 Å². The zero-order valence-electron chi connectivity index (χ0n) is 16.7. The van der Waals surface area contributed by atoms with Gasteiger partial charge in [0.25, 0.3) is 5.91 Å². The Labute approximate surface area is 194 Å². The molecule has 0 radical (unpaired) electrons. The Bertz CT molecular complexity index is 1300. The maximum absolute atomic E-state index is 12.4.